The highest BCUT2D eigenvalue weighted by Crippen LogP contribution is 2.16. The highest BCUT2D eigenvalue weighted by Gasteiger charge is 2.18. The monoisotopic (exact) mass is 367 g/mol. The molecular formula is C19H25N7O. The summed E-state index contributed by atoms with van der Waals surface area (Å²) in [4.78, 5) is 22.8. The maximum atomic E-state index is 12.8. The van der Waals surface area contributed by atoms with Crippen molar-refractivity contribution in [2.45, 2.75) is 32.9 Å². The first-order chi connectivity index (χ1) is 13.1. The lowest BCUT2D eigenvalue weighted by Gasteiger charge is -2.25. The Hall–Kier alpha value is -3.16. The van der Waals surface area contributed by atoms with Crippen LogP contribution in [0.2, 0.25) is 0 Å². The zero-order valence-corrected chi connectivity index (χ0v) is 15.9. The van der Waals surface area contributed by atoms with Crippen molar-refractivity contribution in [2.24, 2.45) is 7.05 Å². The normalized spacial score (nSPS) is 12.0. The summed E-state index contributed by atoms with van der Waals surface area (Å²) in [5.74, 6) is 0.864. The van der Waals surface area contributed by atoms with E-state index in [1.807, 2.05) is 49.0 Å². The summed E-state index contributed by atoms with van der Waals surface area (Å²) in [6.07, 6.45) is 7.67. The molecule has 0 unspecified atom stereocenters. The van der Waals surface area contributed by atoms with Crippen molar-refractivity contribution in [2.75, 3.05) is 6.54 Å². The van der Waals surface area contributed by atoms with E-state index >= 15 is 0 Å². The topological polar surface area (TPSA) is 80.9 Å². The molecular weight excluding hydrogens is 342 g/mol. The third-order valence-electron chi connectivity index (χ3n) is 4.45. The lowest BCUT2D eigenvalue weighted by molar-refractivity contribution is 0.190. The molecule has 1 atom stereocenters. The van der Waals surface area contributed by atoms with Gasteiger partial charge >= 0.3 is 6.03 Å². The summed E-state index contributed by atoms with van der Waals surface area (Å²) in [5.41, 5.74) is 1.96. The van der Waals surface area contributed by atoms with E-state index in [9.17, 15) is 4.79 Å². The number of carbonyl (C=O) groups excluding carboxylic acids is 1. The molecule has 0 bridgehead atoms. The van der Waals surface area contributed by atoms with Crippen LogP contribution in [-0.2, 0) is 13.6 Å². The Morgan fingerprint density at radius 2 is 2.07 bits per heavy atom. The largest absolute Gasteiger partial charge is 0.337 e. The average Bonchev–Trinajstić information content (AvgIpc) is 3.34. The number of hydrogen-bond acceptors (Lipinski definition) is 4. The second kappa shape index (κ2) is 8.48. The molecule has 0 saturated carbocycles. The number of aryl methyl sites for hydroxylation is 1. The lowest BCUT2D eigenvalue weighted by atomic mass is 10.1. The van der Waals surface area contributed by atoms with Crippen molar-refractivity contribution in [1.29, 1.82) is 0 Å². The Balaban J connectivity index is 1.65. The molecule has 27 heavy (non-hydrogen) atoms. The molecule has 8 heteroatoms. The summed E-state index contributed by atoms with van der Waals surface area (Å²) < 4.78 is 3.63. The van der Waals surface area contributed by atoms with Crippen LogP contribution in [0.1, 0.15) is 37.7 Å². The molecule has 2 heterocycles. The zero-order chi connectivity index (χ0) is 19.2. The van der Waals surface area contributed by atoms with Gasteiger partial charge in [0.25, 0.3) is 0 Å². The minimum atomic E-state index is -0.108. The van der Waals surface area contributed by atoms with Crippen molar-refractivity contribution in [3.8, 4) is 5.69 Å². The van der Waals surface area contributed by atoms with Crippen molar-refractivity contribution in [3.05, 3.63) is 60.7 Å². The number of aromatic nitrogens is 5. The van der Waals surface area contributed by atoms with E-state index in [2.05, 4.69) is 27.3 Å². The van der Waals surface area contributed by atoms with Crippen LogP contribution in [0, 0.1) is 0 Å². The van der Waals surface area contributed by atoms with Gasteiger partial charge in [0, 0.05) is 26.0 Å². The zero-order valence-electron chi connectivity index (χ0n) is 15.9. The summed E-state index contributed by atoms with van der Waals surface area (Å²) in [6.45, 7) is 5.20. The van der Waals surface area contributed by atoms with Gasteiger partial charge in [-0.05, 0) is 31.0 Å². The molecule has 3 aromatic rings. The first-order valence-electron chi connectivity index (χ1n) is 9.05. The molecule has 2 aromatic heterocycles. The van der Waals surface area contributed by atoms with Gasteiger partial charge in [-0.2, -0.15) is 5.10 Å². The molecule has 1 N–H and O–H groups in total. The number of imidazole rings is 1. The Bertz CT molecular complexity index is 855. The molecule has 0 radical (unpaired) electrons. The Labute approximate surface area is 158 Å². The number of urea groups is 1. The molecule has 3 rings (SSSR count). The van der Waals surface area contributed by atoms with Crippen LogP contribution in [0.25, 0.3) is 5.69 Å². The highest BCUT2D eigenvalue weighted by atomic mass is 16.2. The second-order valence-corrected chi connectivity index (χ2v) is 6.48. The van der Waals surface area contributed by atoms with Crippen LogP contribution < -0.4 is 5.32 Å². The quantitative estimate of drug-likeness (QED) is 0.696. The molecule has 142 valence electrons. The smallest absolute Gasteiger partial charge is 0.318 e. The lowest BCUT2D eigenvalue weighted by Crippen LogP contribution is -2.41. The molecule has 8 nitrogen and oxygen atoms in total. The summed E-state index contributed by atoms with van der Waals surface area (Å²) in [7, 11) is 1.93. The second-order valence-electron chi connectivity index (χ2n) is 6.48. The SMILES string of the molecule is CCCN(Cc1nccn1C)C(=O)N[C@H](C)c1ccc(-n2cncn2)cc1. The molecule has 1 aromatic carbocycles. The maximum absolute atomic E-state index is 12.8. The van der Waals surface area contributed by atoms with Crippen molar-refractivity contribution in [3.63, 3.8) is 0 Å². The summed E-state index contributed by atoms with van der Waals surface area (Å²) >= 11 is 0. The van der Waals surface area contributed by atoms with Gasteiger partial charge in [0.1, 0.15) is 18.5 Å². The van der Waals surface area contributed by atoms with Crippen LogP contribution >= 0.6 is 0 Å². The van der Waals surface area contributed by atoms with Gasteiger partial charge in [0.2, 0.25) is 0 Å². The number of carbonyl (C=O) groups is 1. The predicted molar refractivity (Wildman–Crippen MR) is 102 cm³/mol. The first kappa shape index (κ1) is 18.6. The fraction of sp³-hybridized carbons (Fsp3) is 0.368. The summed E-state index contributed by atoms with van der Waals surface area (Å²) in [5, 5.41) is 7.20. The molecule has 0 aliphatic rings. The van der Waals surface area contributed by atoms with Gasteiger partial charge in [-0.3, -0.25) is 0 Å². The molecule has 0 spiro atoms. The number of nitrogens with one attached hydrogen (secondary N) is 1. The highest BCUT2D eigenvalue weighted by molar-refractivity contribution is 5.74. The standard InChI is InChI=1S/C19H25N7O/c1-4-10-25(12-18-21-9-11-24(18)3)19(27)23-15(2)16-5-7-17(8-6-16)26-14-20-13-22-26/h5-9,11,13-15H,4,10,12H2,1-3H3,(H,23,27)/t15-/m1/s1. The minimum Gasteiger partial charge on any atom is -0.337 e. The van der Waals surface area contributed by atoms with Crippen LogP contribution in [0.4, 0.5) is 4.79 Å². The van der Waals surface area contributed by atoms with Gasteiger partial charge < -0.3 is 14.8 Å². The van der Waals surface area contributed by atoms with E-state index in [4.69, 9.17) is 0 Å². The third kappa shape index (κ3) is 4.52. The van der Waals surface area contributed by atoms with Crippen LogP contribution in [0.5, 0.6) is 0 Å². The van der Waals surface area contributed by atoms with Gasteiger partial charge in [-0.1, -0.05) is 19.1 Å². The van der Waals surface area contributed by atoms with Crippen molar-refractivity contribution in [1.82, 2.24) is 34.5 Å². The van der Waals surface area contributed by atoms with E-state index in [0.717, 1.165) is 23.5 Å². The number of benzene rings is 1. The van der Waals surface area contributed by atoms with Gasteiger partial charge in [0.05, 0.1) is 18.3 Å². The van der Waals surface area contributed by atoms with E-state index < -0.39 is 0 Å². The first-order valence-corrected chi connectivity index (χ1v) is 9.05. The van der Waals surface area contributed by atoms with Gasteiger partial charge in [0.15, 0.2) is 0 Å². The number of hydrogen-bond donors (Lipinski definition) is 1. The molecule has 0 saturated heterocycles. The third-order valence-corrected chi connectivity index (χ3v) is 4.45. The Kier molecular flexibility index (Phi) is 5.85. The molecule has 0 fully saturated rings. The maximum Gasteiger partial charge on any atom is 0.318 e. The predicted octanol–water partition coefficient (Wildman–Crippen LogP) is 2.68. The van der Waals surface area contributed by atoms with Crippen LogP contribution in [0.15, 0.2) is 49.3 Å². The van der Waals surface area contributed by atoms with E-state index in [1.165, 1.54) is 6.33 Å². The van der Waals surface area contributed by atoms with E-state index in [0.29, 0.717) is 13.1 Å². The number of amides is 2. The fourth-order valence-electron chi connectivity index (χ4n) is 2.86. The van der Waals surface area contributed by atoms with Crippen LogP contribution in [0.3, 0.4) is 0 Å². The van der Waals surface area contributed by atoms with Crippen molar-refractivity contribution < 1.29 is 4.79 Å². The fourth-order valence-corrected chi connectivity index (χ4v) is 2.86. The summed E-state index contributed by atoms with van der Waals surface area (Å²) in [6, 6.07) is 7.71. The Morgan fingerprint density at radius 1 is 1.30 bits per heavy atom. The van der Waals surface area contributed by atoms with Gasteiger partial charge in [-0.25, -0.2) is 19.4 Å². The van der Waals surface area contributed by atoms with E-state index in [1.54, 1.807) is 22.1 Å². The van der Waals surface area contributed by atoms with Crippen molar-refractivity contribution >= 4 is 6.03 Å². The number of rotatable bonds is 7. The molecule has 2 amide bonds. The molecule has 0 aliphatic carbocycles. The molecule has 0 aliphatic heterocycles. The number of nitrogens with zero attached hydrogens (tertiary/aromatic N) is 6. The van der Waals surface area contributed by atoms with Gasteiger partial charge in [-0.15, -0.1) is 0 Å². The van der Waals surface area contributed by atoms with E-state index in [-0.39, 0.29) is 12.1 Å². The average molecular weight is 367 g/mol. The van der Waals surface area contributed by atoms with Crippen LogP contribution in [-0.4, -0.2) is 41.8 Å². The Morgan fingerprint density at radius 3 is 2.67 bits per heavy atom. The minimum absolute atomic E-state index is 0.0901.